The minimum Gasteiger partial charge on any atom is -0.306 e. The van der Waals surface area contributed by atoms with Crippen LogP contribution in [0.3, 0.4) is 0 Å². The summed E-state index contributed by atoms with van der Waals surface area (Å²) in [6.45, 7) is 7.98. The number of benzene rings is 1. The Balaban J connectivity index is 0.000000511. The minimum absolute atomic E-state index is 0.0365. The van der Waals surface area contributed by atoms with Gasteiger partial charge in [-0.25, -0.2) is 4.98 Å². The lowest BCUT2D eigenvalue weighted by atomic mass is 9.85. The number of Topliss-reactive ketones (excluding diaryl/α,β-unsaturated/α-hetero) is 1. The molecular weight excluding hydrogens is 312 g/mol. The molecule has 0 amide bonds. The fourth-order valence-electron chi connectivity index (χ4n) is 2.82. The third-order valence-electron chi connectivity index (χ3n) is 4.68. The molecule has 0 fully saturated rings. The van der Waals surface area contributed by atoms with Gasteiger partial charge in [0.25, 0.3) is 5.56 Å². The standard InChI is InChI=1S/C17H18N2O2.C4H10/c1-10-3-5-12(6-4-10)16-18-15-8-7-13(11(2)20)9-14(15)17(21)19-16;1-3-4-2/h3-6,13H,7-9H2,1-2H3,(H,18,19,21);3-4H2,1-2H3. The first-order valence-corrected chi connectivity index (χ1v) is 9.15. The van der Waals surface area contributed by atoms with Gasteiger partial charge < -0.3 is 4.98 Å². The van der Waals surface area contributed by atoms with E-state index in [1.54, 1.807) is 6.92 Å². The summed E-state index contributed by atoms with van der Waals surface area (Å²) >= 11 is 0. The van der Waals surface area contributed by atoms with Crippen LogP contribution < -0.4 is 5.56 Å². The van der Waals surface area contributed by atoms with Crippen molar-refractivity contribution in [3.05, 3.63) is 51.4 Å². The SMILES string of the molecule is CC(=O)C1CCc2nc(-c3ccc(C)cc3)[nH]c(=O)c2C1.CCCC. The number of fused-ring (bicyclic) bond motifs is 1. The van der Waals surface area contributed by atoms with Crippen LogP contribution in [0, 0.1) is 12.8 Å². The van der Waals surface area contributed by atoms with Crippen molar-refractivity contribution in [2.24, 2.45) is 5.92 Å². The molecule has 1 atom stereocenters. The van der Waals surface area contributed by atoms with E-state index < -0.39 is 0 Å². The van der Waals surface area contributed by atoms with Crippen LogP contribution in [0.2, 0.25) is 0 Å². The number of carbonyl (C=O) groups is 1. The van der Waals surface area contributed by atoms with E-state index in [-0.39, 0.29) is 17.3 Å². The first-order chi connectivity index (χ1) is 12.0. The molecule has 0 bridgehead atoms. The van der Waals surface area contributed by atoms with Crippen molar-refractivity contribution in [3.63, 3.8) is 0 Å². The Morgan fingerprint density at radius 1 is 1.20 bits per heavy atom. The number of hydrogen-bond donors (Lipinski definition) is 1. The summed E-state index contributed by atoms with van der Waals surface area (Å²) < 4.78 is 0. The second-order valence-corrected chi connectivity index (χ2v) is 6.76. The van der Waals surface area contributed by atoms with E-state index in [1.807, 2.05) is 31.2 Å². The molecule has 4 heteroatoms. The van der Waals surface area contributed by atoms with Gasteiger partial charge in [-0.2, -0.15) is 0 Å². The fraction of sp³-hybridized carbons (Fsp3) is 0.476. The lowest BCUT2D eigenvalue weighted by molar-refractivity contribution is -0.121. The second kappa shape index (κ2) is 8.75. The quantitative estimate of drug-likeness (QED) is 0.908. The van der Waals surface area contributed by atoms with Gasteiger partial charge >= 0.3 is 0 Å². The first-order valence-electron chi connectivity index (χ1n) is 9.15. The summed E-state index contributed by atoms with van der Waals surface area (Å²) in [4.78, 5) is 31.2. The van der Waals surface area contributed by atoms with E-state index in [0.717, 1.165) is 17.7 Å². The monoisotopic (exact) mass is 340 g/mol. The molecule has 1 aromatic heterocycles. The summed E-state index contributed by atoms with van der Waals surface area (Å²) in [5.74, 6) is 0.730. The van der Waals surface area contributed by atoms with Gasteiger partial charge in [0.1, 0.15) is 11.6 Å². The summed E-state index contributed by atoms with van der Waals surface area (Å²) in [6, 6.07) is 7.92. The predicted octanol–water partition coefficient (Wildman–Crippen LogP) is 4.25. The van der Waals surface area contributed by atoms with Crippen LogP contribution in [0.25, 0.3) is 11.4 Å². The highest BCUT2D eigenvalue weighted by Crippen LogP contribution is 2.24. The maximum absolute atomic E-state index is 12.3. The number of aryl methyl sites for hydroxylation is 2. The molecular formula is C21H28N2O2. The number of H-pyrrole nitrogens is 1. The van der Waals surface area contributed by atoms with Crippen molar-refractivity contribution >= 4 is 5.78 Å². The Morgan fingerprint density at radius 2 is 1.84 bits per heavy atom. The highest BCUT2D eigenvalue weighted by Gasteiger charge is 2.25. The van der Waals surface area contributed by atoms with Gasteiger partial charge in [0.2, 0.25) is 0 Å². The average molecular weight is 340 g/mol. The molecule has 1 unspecified atom stereocenters. The first kappa shape index (κ1) is 19.1. The number of unbranched alkanes of at least 4 members (excludes halogenated alkanes) is 1. The molecule has 25 heavy (non-hydrogen) atoms. The Morgan fingerprint density at radius 3 is 2.40 bits per heavy atom. The van der Waals surface area contributed by atoms with Crippen molar-refractivity contribution in [1.82, 2.24) is 9.97 Å². The molecule has 1 aliphatic rings. The van der Waals surface area contributed by atoms with Gasteiger partial charge in [-0.1, -0.05) is 56.5 Å². The van der Waals surface area contributed by atoms with Gasteiger partial charge in [0.05, 0.1) is 5.69 Å². The predicted molar refractivity (Wildman–Crippen MR) is 102 cm³/mol. The van der Waals surface area contributed by atoms with Crippen molar-refractivity contribution in [2.45, 2.75) is 59.8 Å². The Labute approximate surface area is 149 Å². The van der Waals surface area contributed by atoms with Crippen molar-refractivity contribution < 1.29 is 4.79 Å². The van der Waals surface area contributed by atoms with Crippen LogP contribution in [0.15, 0.2) is 29.1 Å². The summed E-state index contributed by atoms with van der Waals surface area (Å²) in [5, 5.41) is 0. The molecule has 0 saturated carbocycles. The maximum Gasteiger partial charge on any atom is 0.254 e. The van der Waals surface area contributed by atoms with Crippen molar-refractivity contribution in [2.75, 3.05) is 0 Å². The Bertz CT molecular complexity index is 773. The van der Waals surface area contributed by atoms with E-state index in [4.69, 9.17) is 0 Å². The lowest BCUT2D eigenvalue weighted by Gasteiger charge is -2.21. The highest BCUT2D eigenvalue weighted by atomic mass is 16.1. The number of rotatable bonds is 3. The van der Waals surface area contributed by atoms with Crippen LogP contribution in [0.4, 0.5) is 0 Å². The normalized spacial score (nSPS) is 15.8. The molecule has 1 aliphatic carbocycles. The fourth-order valence-corrected chi connectivity index (χ4v) is 2.82. The van der Waals surface area contributed by atoms with E-state index in [1.165, 1.54) is 18.4 Å². The number of nitrogens with zero attached hydrogens (tertiary/aromatic N) is 1. The zero-order valence-corrected chi connectivity index (χ0v) is 15.7. The number of nitrogens with one attached hydrogen (secondary N) is 1. The number of ketones is 1. The number of hydrogen-bond acceptors (Lipinski definition) is 3. The van der Waals surface area contributed by atoms with Crippen LogP contribution in [0.1, 0.15) is 56.9 Å². The zero-order chi connectivity index (χ0) is 18.4. The van der Waals surface area contributed by atoms with Gasteiger partial charge in [-0.3, -0.25) is 9.59 Å². The molecule has 0 radical (unpaired) electrons. The topological polar surface area (TPSA) is 62.8 Å². The van der Waals surface area contributed by atoms with Crippen LogP contribution in [0.5, 0.6) is 0 Å². The Hall–Kier alpha value is -2.23. The maximum atomic E-state index is 12.3. The third kappa shape index (κ3) is 4.88. The molecule has 0 saturated heterocycles. The molecule has 134 valence electrons. The minimum atomic E-state index is -0.110. The van der Waals surface area contributed by atoms with E-state index in [2.05, 4.69) is 23.8 Å². The smallest absolute Gasteiger partial charge is 0.254 e. The Kier molecular flexibility index (Phi) is 6.68. The largest absolute Gasteiger partial charge is 0.306 e. The summed E-state index contributed by atoms with van der Waals surface area (Å²) in [7, 11) is 0. The number of aromatic nitrogens is 2. The number of carbonyl (C=O) groups excluding carboxylic acids is 1. The number of aromatic amines is 1. The summed E-state index contributed by atoms with van der Waals surface area (Å²) in [5.41, 5.74) is 3.49. The van der Waals surface area contributed by atoms with E-state index >= 15 is 0 Å². The summed E-state index contributed by atoms with van der Waals surface area (Å²) in [6.07, 6.45) is 4.63. The van der Waals surface area contributed by atoms with Crippen LogP contribution in [-0.2, 0) is 17.6 Å². The van der Waals surface area contributed by atoms with Crippen LogP contribution in [-0.4, -0.2) is 15.8 Å². The molecule has 4 nitrogen and oxygen atoms in total. The van der Waals surface area contributed by atoms with Crippen molar-refractivity contribution in [3.8, 4) is 11.4 Å². The lowest BCUT2D eigenvalue weighted by Crippen LogP contribution is -2.28. The van der Waals surface area contributed by atoms with E-state index in [9.17, 15) is 9.59 Å². The zero-order valence-electron chi connectivity index (χ0n) is 15.7. The van der Waals surface area contributed by atoms with Crippen LogP contribution >= 0.6 is 0 Å². The molecule has 0 spiro atoms. The van der Waals surface area contributed by atoms with Gasteiger partial charge in [0, 0.05) is 17.0 Å². The highest BCUT2D eigenvalue weighted by molar-refractivity contribution is 5.78. The average Bonchev–Trinajstić information content (AvgIpc) is 2.62. The van der Waals surface area contributed by atoms with Gasteiger partial charge in [0.15, 0.2) is 0 Å². The van der Waals surface area contributed by atoms with Crippen molar-refractivity contribution in [1.29, 1.82) is 0 Å². The van der Waals surface area contributed by atoms with Gasteiger partial charge in [-0.05, 0) is 33.1 Å². The van der Waals surface area contributed by atoms with E-state index in [0.29, 0.717) is 24.2 Å². The molecule has 1 N–H and O–H groups in total. The molecule has 0 aliphatic heterocycles. The molecule has 2 aromatic rings. The third-order valence-corrected chi connectivity index (χ3v) is 4.68. The molecule has 3 rings (SSSR count). The second-order valence-electron chi connectivity index (χ2n) is 6.76. The van der Waals surface area contributed by atoms with Gasteiger partial charge in [-0.15, -0.1) is 0 Å². The molecule has 1 heterocycles. The molecule has 1 aromatic carbocycles.